The number of likely N-dealkylation sites (N-methyl/N-ethyl adjacent to an activating group) is 1. The minimum atomic E-state index is -0.0613. The van der Waals surface area contributed by atoms with Gasteiger partial charge in [0.05, 0.1) is 18.5 Å². The van der Waals surface area contributed by atoms with Gasteiger partial charge in [0.15, 0.2) is 0 Å². The second-order valence-electron chi connectivity index (χ2n) is 8.78. The first kappa shape index (κ1) is 20.7. The quantitative estimate of drug-likeness (QED) is 0.744. The van der Waals surface area contributed by atoms with Crippen molar-refractivity contribution < 1.29 is 14.3 Å². The summed E-state index contributed by atoms with van der Waals surface area (Å²) < 4.78 is 5.24. The maximum Gasteiger partial charge on any atom is 0.254 e. The fourth-order valence-electron chi connectivity index (χ4n) is 5.13. The molecule has 0 radical (unpaired) electrons. The van der Waals surface area contributed by atoms with E-state index in [2.05, 4.69) is 21.9 Å². The van der Waals surface area contributed by atoms with Crippen LogP contribution in [-0.2, 0) is 4.79 Å². The lowest BCUT2D eigenvalue weighted by atomic mass is 9.95. The van der Waals surface area contributed by atoms with Crippen LogP contribution in [0.1, 0.15) is 29.6 Å². The summed E-state index contributed by atoms with van der Waals surface area (Å²) in [6.45, 7) is 3.82. The summed E-state index contributed by atoms with van der Waals surface area (Å²) in [5.74, 6) is 1.01. The average Bonchev–Trinajstić information content (AvgIpc) is 2.86. The van der Waals surface area contributed by atoms with E-state index in [1.54, 1.807) is 12.0 Å². The molecule has 0 aromatic heterocycles. The highest BCUT2D eigenvalue weighted by molar-refractivity contribution is 6.07. The van der Waals surface area contributed by atoms with Crippen LogP contribution < -0.4 is 19.4 Å². The second-order valence-corrected chi connectivity index (χ2v) is 8.78. The van der Waals surface area contributed by atoms with Crippen LogP contribution in [0.4, 0.5) is 17.1 Å². The molecule has 5 rings (SSSR count). The number of hydrogen-bond acceptors (Lipinski definition) is 5. The number of piperazine rings is 1. The zero-order chi connectivity index (χ0) is 22.2. The number of methoxy groups -OCH3 is 1. The highest BCUT2D eigenvalue weighted by Crippen LogP contribution is 2.39. The van der Waals surface area contributed by atoms with Crippen molar-refractivity contribution in [1.82, 2.24) is 4.90 Å². The first-order valence-electron chi connectivity index (χ1n) is 11.4. The standard InChI is InChI=1S/C25H30N4O3/c1-26-23-17-18(6-11-21(23)29-12-4-3-5-22(29)25(26)31)24(30)28-15-13-27(14-16-28)19-7-9-20(32-2)10-8-19/h6-11,17,22H,3-5,12-16H2,1-2H3/t22-/m1/s1. The molecule has 2 amide bonds. The first-order chi connectivity index (χ1) is 15.6. The molecule has 3 aliphatic rings. The molecule has 3 heterocycles. The summed E-state index contributed by atoms with van der Waals surface area (Å²) in [4.78, 5) is 34.3. The van der Waals surface area contributed by atoms with Gasteiger partial charge in [-0.1, -0.05) is 0 Å². The van der Waals surface area contributed by atoms with Crippen molar-refractivity contribution in [1.29, 1.82) is 0 Å². The Hall–Kier alpha value is -3.22. The van der Waals surface area contributed by atoms with E-state index in [-0.39, 0.29) is 17.9 Å². The van der Waals surface area contributed by atoms with E-state index in [1.165, 1.54) is 0 Å². The van der Waals surface area contributed by atoms with E-state index in [9.17, 15) is 9.59 Å². The summed E-state index contributed by atoms with van der Waals surface area (Å²) in [5.41, 5.74) is 3.70. The summed E-state index contributed by atoms with van der Waals surface area (Å²) in [5, 5.41) is 0. The highest BCUT2D eigenvalue weighted by atomic mass is 16.5. The number of amides is 2. The Labute approximate surface area is 189 Å². The predicted octanol–water partition coefficient (Wildman–Crippen LogP) is 2.99. The van der Waals surface area contributed by atoms with Gasteiger partial charge in [-0.05, 0) is 61.7 Å². The number of carbonyl (C=O) groups is 2. The van der Waals surface area contributed by atoms with Gasteiger partial charge in [0, 0.05) is 51.0 Å². The van der Waals surface area contributed by atoms with Crippen LogP contribution in [0.15, 0.2) is 42.5 Å². The summed E-state index contributed by atoms with van der Waals surface area (Å²) in [7, 11) is 3.49. The molecule has 3 aliphatic heterocycles. The van der Waals surface area contributed by atoms with Crippen molar-refractivity contribution in [2.45, 2.75) is 25.3 Å². The van der Waals surface area contributed by atoms with Gasteiger partial charge in [-0.25, -0.2) is 0 Å². The van der Waals surface area contributed by atoms with E-state index in [4.69, 9.17) is 4.74 Å². The Morgan fingerprint density at radius 3 is 2.41 bits per heavy atom. The normalized spacial score (nSPS) is 20.7. The number of nitrogens with zero attached hydrogens (tertiary/aromatic N) is 4. The lowest BCUT2D eigenvalue weighted by Crippen LogP contribution is -2.54. The van der Waals surface area contributed by atoms with Gasteiger partial charge in [-0.3, -0.25) is 9.59 Å². The third-order valence-electron chi connectivity index (χ3n) is 7.02. The molecule has 0 aliphatic carbocycles. The molecule has 0 N–H and O–H groups in total. The minimum absolute atomic E-state index is 0.0313. The molecule has 2 aromatic rings. The van der Waals surface area contributed by atoms with Crippen molar-refractivity contribution in [2.75, 3.05) is 61.6 Å². The molecule has 0 unspecified atom stereocenters. The second kappa shape index (κ2) is 8.37. The van der Waals surface area contributed by atoms with E-state index in [0.717, 1.165) is 61.7 Å². The van der Waals surface area contributed by atoms with Gasteiger partial charge >= 0.3 is 0 Å². The molecular formula is C25H30N4O3. The molecule has 7 heteroatoms. The van der Waals surface area contributed by atoms with Crippen LogP contribution in [0.2, 0.25) is 0 Å². The van der Waals surface area contributed by atoms with Crippen molar-refractivity contribution in [2.24, 2.45) is 0 Å². The van der Waals surface area contributed by atoms with Crippen LogP contribution in [0.3, 0.4) is 0 Å². The van der Waals surface area contributed by atoms with Crippen LogP contribution in [-0.4, -0.2) is 69.6 Å². The molecule has 168 valence electrons. The Morgan fingerprint density at radius 2 is 1.69 bits per heavy atom. The monoisotopic (exact) mass is 434 g/mol. The summed E-state index contributed by atoms with van der Waals surface area (Å²) in [6.07, 6.45) is 3.10. The molecule has 0 bridgehead atoms. The van der Waals surface area contributed by atoms with Gasteiger partial charge in [-0.2, -0.15) is 0 Å². The third-order valence-corrected chi connectivity index (χ3v) is 7.02. The molecule has 2 fully saturated rings. The van der Waals surface area contributed by atoms with E-state index >= 15 is 0 Å². The SMILES string of the molecule is COc1ccc(N2CCN(C(=O)c3ccc4c(c3)N(C)C(=O)[C@H]3CCCCN43)CC2)cc1. The van der Waals surface area contributed by atoms with E-state index < -0.39 is 0 Å². The molecule has 0 saturated carbocycles. The van der Waals surface area contributed by atoms with Crippen LogP contribution in [0, 0.1) is 0 Å². The minimum Gasteiger partial charge on any atom is -0.497 e. The largest absolute Gasteiger partial charge is 0.497 e. The van der Waals surface area contributed by atoms with Gasteiger partial charge in [0.2, 0.25) is 5.91 Å². The molecule has 7 nitrogen and oxygen atoms in total. The lowest BCUT2D eigenvalue weighted by Gasteiger charge is -2.44. The smallest absolute Gasteiger partial charge is 0.254 e. The zero-order valence-electron chi connectivity index (χ0n) is 18.8. The molecule has 0 spiro atoms. The first-order valence-corrected chi connectivity index (χ1v) is 11.4. The van der Waals surface area contributed by atoms with Crippen LogP contribution in [0.25, 0.3) is 0 Å². The molecule has 2 saturated heterocycles. The Balaban J connectivity index is 1.30. The topological polar surface area (TPSA) is 56.3 Å². The Kier molecular flexibility index (Phi) is 5.41. The van der Waals surface area contributed by atoms with Crippen molar-refractivity contribution in [3.05, 3.63) is 48.0 Å². The fourth-order valence-corrected chi connectivity index (χ4v) is 5.13. The predicted molar refractivity (Wildman–Crippen MR) is 126 cm³/mol. The fraction of sp³-hybridized carbons (Fsp3) is 0.440. The number of anilines is 3. The number of fused-ring (bicyclic) bond motifs is 3. The van der Waals surface area contributed by atoms with Gasteiger partial charge in [0.25, 0.3) is 5.91 Å². The maximum atomic E-state index is 13.3. The number of piperidine rings is 1. The molecule has 2 aromatic carbocycles. The van der Waals surface area contributed by atoms with E-state index in [0.29, 0.717) is 18.7 Å². The molecular weight excluding hydrogens is 404 g/mol. The van der Waals surface area contributed by atoms with Gasteiger partial charge in [-0.15, -0.1) is 0 Å². The third kappa shape index (κ3) is 3.55. The van der Waals surface area contributed by atoms with Crippen molar-refractivity contribution >= 4 is 28.9 Å². The summed E-state index contributed by atoms with van der Waals surface area (Å²) >= 11 is 0. The van der Waals surface area contributed by atoms with Gasteiger partial charge in [0.1, 0.15) is 11.8 Å². The molecule has 1 atom stereocenters. The van der Waals surface area contributed by atoms with Crippen LogP contribution in [0.5, 0.6) is 5.75 Å². The number of carbonyl (C=O) groups excluding carboxylic acids is 2. The highest BCUT2D eigenvalue weighted by Gasteiger charge is 2.38. The van der Waals surface area contributed by atoms with Crippen molar-refractivity contribution in [3.8, 4) is 5.75 Å². The lowest BCUT2D eigenvalue weighted by molar-refractivity contribution is -0.120. The molecule has 32 heavy (non-hydrogen) atoms. The average molecular weight is 435 g/mol. The maximum absolute atomic E-state index is 13.3. The Morgan fingerprint density at radius 1 is 0.938 bits per heavy atom. The number of ether oxygens (including phenoxy) is 1. The van der Waals surface area contributed by atoms with Crippen molar-refractivity contribution in [3.63, 3.8) is 0 Å². The number of hydrogen-bond donors (Lipinski definition) is 0. The zero-order valence-corrected chi connectivity index (χ0v) is 18.8. The van der Waals surface area contributed by atoms with Gasteiger partial charge < -0.3 is 24.3 Å². The van der Waals surface area contributed by atoms with E-state index in [1.807, 2.05) is 42.3 Å². The number of rotatable bonds is 3. The summed E-state index contributed by atoms with van der Waals surface area (Å²) in [6, 6.07) is 13.8. The number of benzene rings is 2. The Bertz CT molecular complexity index is 1010. The van der Waals surface area contributed by atoms with Crippen LogP contribution >= 0.6 is 0 Å².